The number of hydrogen-bond acceptors (Lipinski definition) is 3. The molecule has 2 atom stereocenters. The molecule has 0 aliphatic carbocycles. The number of nitrogens with zero attached hydrogens (tertiary/aromatic N) is 1. The summed E-state index contributed by atoms with van der Waals surface area (Å²) in [5.74, 6) is 0. The van der Waals surface area contributed by atoms with Gasteiger partial charge in [-0.25, -0.2) is 4.79 Å². The number of hydrogen-bond donors (Lipinski definition) is 2. The maximum absolute atomic E-state index is 12.2. The predicted molar refractivity (Wildman–Crippen MR) is 99.7 cm³/mol. The summed E-state index contributed by atoms with van der Waals surface area (Å²) >= 11 is 0. The maximum Gasteiger partial charge on any atom is 0.315 e. The summed E-state index contributed by atoms with van der Waals surface area (Å²) in [4.78, 5) is 14.7. The molecule has 2 aliphatic rings. The van der Waals surface area contributed by atoms with E-state index in [9.17, 15) is 4.79 Å². The van der Waals surface area contributed by atoms with Crippen molar-refractivity contribution in [1.82, 2.24) is 15.5 Å². The lowest BCUT2D eigenvalue weighted by molar-refractivity contribution is 0.0153. The van der Waals surface area contributed by atoms with E-state index in [-0.39, 0.29) is 18.2 Å². The summed E-state index contributed by atoms with van der Waals surface area (Å²) in [5.41, 5.74) is 1.40. The fourth-order valence-electron chi connectivity index (χ4n) is 3.77. The number of urea groups is 1. The van der Waals surface area contributed by atoms with Crippen molar-refractivity contribution in [3.8, 4) is 0 Å². The Morgan fingerprint density at radius 3 is 2.56 bits per heavy atom. The van der Waals surface area contributed by atoms with Gasteiger partial charge in [-0.1, -0.05) is 30.3 Å². The van der Waals surface area contributed by atoms with Crippen LogP contribution < -0.4 is 10.6 Å². The molecule has 1 aromatic rings. The molecule has 2 saturated heterocycles. The van der Waals surface area contributed by atoms with E-state index in [1.54, 1.807) is 0 Å². The van der Waals surface area contributed by atoms with Crippen molar-refractivity contribution < 1.29 is 9.53 Å². The van der Waals surface area contributed by atoms with Crippen molar-refractivity contribution in [3.05, 3.63) is 35.9 Å². The highest BCUT2D eigenvalue weighted by Gasteiger charge is 2.24. The Morgan fingerprint density at radius 1 is 1.12 bits per heavy atom. The van der Waals surface area contributed by atoms with Gasteiger partial charge in [-0.2, -0.15) is 0 Å². The minimum Gasteiger partial charge on any atom is -0.378 e. The van der Waals surface area contributed by atoms with Gasteiger partial charge in [0.1, 0.15) is 0 Å². The number of carbonyl (C=O) groups is 1. The quantitative estimate of drug-likeness (QED) is 0.862. The van der Waals surface area contributed by atoms with E-state index in [2.05, 4.69) is 52.8 Å². The first-order valence-electron chi connectivity index (χ1n) is 9.64. The predicted octanol–water partition coefficient (Wildman–Crippen LogP) is 2.56. The maximum atomic E-state index is 12.2. The molecular formula is C20H31N3O2. The van der Waals surface area contributed by atoms with Crippen LogP contribution in [0.15, 0.2) is 30.3 Å². The lowest BCUT2D eigenvalue weighted by atomic mass is 10.0. The molecule has 2 heterocycles. The van der Waals surface area contributed by atoms with E-state index in [0.29, 0.717) is 6.04 Å². The third-order valence-corrected chi connectivity index (χ3v) is 5.30. The van der Waals surface area contributed by atoms with E-state index < -0.39 is 0 Å². The van der Waals surface area contributed by atoms with Crippen LogP contribution in [0.25, 0.3) is 0 Å². The van der Waals surface area contributed by atoms with Gasteiger partial charge in [0.15, 0.2) is 0 Å². The summed E-state index contributed by atoms with van der Waals surface area (Å²) in [5, 5.41) is 6.27. The van der Waals surface area contributed by atoms with Crippen LogP contribution >= 0.6 is 0 Å². The summed E-state index contributed by atoms with van der Waals surface area (Å²) in [6.07, 6.45) is 5.23. The largest absolute Gasteiger partial charge is 0.378 e. The van der Waals surface area contributed by atoms with Gasteiger partial charge >= 0.3 is 6.03 Å². The number of benzene rings is 1. The van der Waals surface area contributed by atoms with Crippen LogP contribution in [0.5, 0.6) is 0 Å². The van der Waals surface area contributed by atoms with Crippen LogP contribution in [0, 0.1) is 0 Å². The molecule has 3 rings (SSSR count). The zero-order valence-corrected chi connectivity index (χ0v) is 15.2. The van der Waals surface area contributed by atoms with Gasteiger partial charge in [0, 0.05) is 38.3 Å². The molecule has 138 valence electrons. The Hall–Kier alpha value is -1.59. The van der Waals surface area contributed by atoms with Crippen molar-refractivity contribution in [3.63, 3.8) is 0 Å². The highest BCUT2D eigenvalue weighted by Crippen LogP contribution is 2.14. The van der Waals surface area contributed by atoms with Crippen LogP contribution in [0.2, 0.25) is 0 Å². The van der Waals surface area contributed by atoms with E-state index >= 15 is 0 Å². The topological polar surface area (TPSA) is 53.6 Å². The molecular weight excluding hydrogens is 314 g/mol. The zero-order valence-electron chi connectivity index (χ0n) is 15.2. The van der Waals surface area contributed by atoms with E-state index in [1.807, 2.05) is 0 Å². The third-order valence-electron chi connectivity index (χ3n) is 5.30. The van der Waals surface area contributed by atoms with Crippen molar-refractivity contribution in [2.24, 2.45) is 0 Å². The molecule has 2 fully saturated rings. The third kappa shape index (κ3) is 6.01. The van der Waals surface area contributed by atoms with Gasteiger partial charge in [-0.15, -0.1) is 0 Å². The molecule has 5 nitrogen and oxygen atoms in total. The standard InChI is InChI=1S/C20H31N3O2/c1-16-15-19(10-14-25-16)22-20(24)21-18-8-12-23(13-9-18)11-7-17-5-3-2-4-6-17/h2-6,16,18-19H,7-15H2,1H3,(H2,21,22,24)/t16-,19+/m0/s1. The molecule has 2 N–H and O–H groups in total. The lowest BCUT2D eigenvalue weighted by Gasteiger charge is -2.33. The van der Waals surface area contributed by atoms with Crippen LogP contribution in [-0.4, -0.2) is 55.4 Å². The number of ether oxygens (including phenoxy) is 1. The van der Waals surface area contributed by atoms with E-state index in [0.717, 1.165) is 58.3 Å². The second-order valence-corrected chi connectivity index (χ2v) is 7.37. The molecule has 0 radical (unpaired) electrons. The lowest BCUT2D eigenvalue weighted by Crippen LogP contribution is -2.51. The Kier molecular flexibility index (Phi) is 6.70. The summed E-state index contributed by atoms with van der Waals surface area (Å²) in [6, 6.07) is 11.2. The molecule has 0 spiro atoms. The number of carbonyl (C=O) groups excluding carboxylic acids is 1. The number of nitrogens with one attached hydrogen (secondary N) is 2. The van der Waals surface area contributed by atoms with Crippen LogP contribution in [0.4, 0.5) is 4.79 Å². The number of rotatable bonds is 5. The van der Waals surface area contributed by atoms with E-state index in [1.165, 1.54) is 5.56 Å². The molecule has 2 aliphatic heterocycles. The SMILES string of the molecule is C[C@H]1C[C@H](NC(=O)NC2CCN(CCc3ccccc3)CC2)CCO1. The molecule has 1 aromatic carbocycles. The van der Waals surface area contributed by atoms with E-state index in [4.69, 9.17) is 4.74 Å². The van der Waals surface area contributed by atoms with Crippen molar-refractivity contribution in [2.45, 2.75) is 57.2 Å². The molecule has 5 heteroatoms. The number of likely N-dealkylation sites (tertiary alicyclic amines) is 1. The van der Waals surface area contributed by atoms with Gasteiger partial charge < -0.3 is 20.3 Å². The van der Waals surface area contributed by atoms with Gasteiger partial charge in [-0.05, 0) is 44.6 Å². The van der Waals surface area contributed by atoms with Crippen LogP contribution in [0.3, 0.4) is 0 Å². The summed E-state index contributed by atoms with van der Waals surface area (Å²) < 4.78 is 5.53. The first kappa shape index (κ1) is 18.2. The number of amides is 2. The second kappa shape index (κ2) is 9.20. The van der Waals surface area contributed by atoms with Gasteiger partial charge in [-0.3, -0.25) is 0 Å². The fraction of sp³-hybridized carbons (Fsp3) is 0.650. The zero-order chi connectivity index (χ0) is 17.5. The highest BCUT2D eigenvalue weighted by molar-refractivity contribution is 5.74. The van der Waals surface area contributed by atoms with Gasteiger partial charge in [0.2, 0.25) is 0 Å². The minimum atomic E-state index is -0.0122. The fourth-order valence-corrected chi connectivity index (χ4v) is 3.77. The minimum absolute atomic E-state index is 0.0122. The molecule has 0 bridgehead atoms. The Bertz CT molecular complexity index is 529. The average Bonchev–Trinajstić information content (AvgIpc) is 2.62. The van der Waals surface area contributed by atoms with Crippen molar-refractivity contribution >= 4 is 6.03 Å². The Labute approximate surface area is 151 Å². The molecule has 0 aromatic heterocycles. The number of piperidine rings is 1. The van der Waals surface area contributed by atoms with Crippen LogP contribution in [-0.2, 0) is 11.2 Å². The smallest absolute Gasteiger partial charge is 0.315 e. The van der Waals surface area contributed by atoms with Gasteiger partial charge in [0.05, 0.1) is 6.10 Å². The molecule has 0 saturated carbocycles. The Balaban J connectivity index is 1.32. The summed E-state index contributed by atoms with van der Waals surface area (Å²) in [6.45, 7) is 6.03. The Morgan fingerprint density at radius 2 is 1.84 bits per heavy atom. The average molecular weight is 345 g/mol. The summed E-state index contributed by atoms with van der Waals surface area (Å²) in [7, 11) is 0. The highest BCUT2D eigenvalue weighted by atomic mass is 16.5. The molecule has 25 heavy (non-hydrogen) atoms. The second-order valence-electron chi connectivity index (χ2n) is 7.37. The first-order valence-corrected chi connectivity index (χ1v) is 9.64. The normalized spacial score (nSPS) is 25.5. The molecule has 2 amide bonds. The van der Waals surface area contributed by atoms with Crippen molar-refractivity contribution in [1.29, 1.82) is 0 Å². The molecule has 0 unspecified atom stereocenters. The van der Waals surface area contributed by atoms with Crippen LogP contribution in [0.1, 0.15) is 38.2 Å². The monoisotopic (exact) mass is 345 g/mol. The van der Waals surface area contributed by atoms with Gasteiger partial charge in [0.25, 0.3) is 0 Å². The van der Waals surface area contributed by atoms with Crippen molar-refractivity contribution in [2.75, 3.05) is 26.2 Å². The first-order chi connectivity index (χ1) is 12.2.